The van der Waals surface area contributed by atoms with Crippen LogP contribution in [0.2, 0.25) is 0 Å². The summed E-state index contributed by atoms with van der Waals surface area (Å²) >= 11 is 5.52. The summed E-state index contributed by atoms with van der Waals surface area (Å²) in [6.45, 7) is 0.161. The van der Waals surface area contributed by atoms with E-state index < -0.39 is 22.9 Å². The molecule has 1 fully saturated rings. The molecule has 0 radical (unpaired) electrons. The molecule has 1 aliphatic rings. The van der Waals surface area contributed by atoms with Crippen molar-refractivity contribution < 1.29 is 28.7 Å². The van der Waals surface area contributed by atoms with Gasteiger partial charge >= 0.3 is 6.16 Å². The van der Waals surface area contributed by atoms with Crippen LogP contribution in [0.15, 0.2) is 24.3 Å². The monoisotopic (exact) mass is 303 g/mol. The molecule has 2 unspecified atom stereocenters. The Kier molecular flexibility index (Phi) is 4.72. The summed E-state index contributed by atoms with van der Waals surface area (Å²) in [6, 6.07) is 5.02. The van der Waals surface area contributed by atoms with Crippen LogP contribution >= 0.6 is 11.6 Å². The lowest BCUT2D eigenvalue weighted by Gasteiger charge is -2.09. The van der Waals surface area contributed by atoms with Crippen molar-refractivity contribution in [2.75, 3.05) is 13.2 Å². The van der Waals surface area contributed by atoms with E-state index in [0.717, 1.165) is 0 Å². The summed E-state index contributed by atoms with van der Waals surface area (Å²) in [5.74, 6) is -0.700. The lowest BCUT2D eigenvalue weighted by atomic mass is 10.3. The summed E-state index contributed by atoms with van der Waals surface area (Å²) < 4.78 is 19.6. The molecule has 1 aromatic rings. The van der Waals surface area contributed by atoms with Crippen LogP contribution in [-0.4, -0.2) is 36.1 Å². The third-order valence-corrected chi connectivity index (χ3v) is 2.58. The van der Waals surface area contributed by atoms with Crippen molar-refractivity contribution in [3.05, 3.63) is 34.4 Å². The van der Waals surface area contributed by atoms with E-state index in [1.807, 2.05) is 0 Å². The molecule has 20 heavy (non-hydrogen) atoms. The van der Waals surface area contributed by atoms with Crippen LogP contribution in [0.4, 0.5) is 10.5 Å². The molecule has 0 amide bonds. The van der Waals surface area contributed by atoms with Crippen LogP contribution in [0.5, 0.6) is 5.75 Å². The molecule has 1 aromatic carbocycles. The van der Waals surface area contributed by atoms with E-state index >= 15 is 0 Å². The minimum atomic E-state index is -0.944. The maximum Gasteiger partial charge on any atom is 0.513 e. The Balaban J connectivity index is 1.77. The molecule has 0 aliphatic carbocycles. The second-order valence-electron chi connectivity index (χ2n) is 3.78. The van der Waals surface area contributed by atoms with E-state index in [2.05, 4.69) is 0 Å². The lowest BCUT2D eigenvalue weighted by Crippen LogP contribution is -2.22. The summed E-state index contributed by atoms with van der Waals surface area (Å²) in [5.41, 5.74) is -0.102. The second-order valence-corrected chi connectivity index (χ2v) is 4.14. The number of carbonyl (C=O) groups excluding carboxylic acids is 1. The average Bonchev–Trinajstić information content (AvgIpc) is 2.83. The highest BCUT2D eigenvalue weighted by Gasteiger charge is 2.25. The highest BCUT2D eigenvalue weighted by molar-refractivity contribution is 6.18. The zero-order valence-electron chi connectivity index (χ0n) is 10.1. The van der Waals surface area contributed by atoms with Gasteiger partial charge in [-0.05, 0) is 12.1 Å². The van der Waals surface area contributed by atoms with Crippen molar-refractivity contribution in [2.24, 2.45) is 0 Å². The number of carbonyl (C=O) groups is 1. The Morgan fingerprint density at radius 2 is 2.15 bits per heavy atom. The van der Waals surface area contributed by atoms with Gasteiger partial charge in [0.25, 0.3) is 5.69 Å². The zero-order chi connectivity index (χ0) is 14.5. The van der Waals surface area contributed by atoms with Gasteiger partial charge in [0.05, 0.1) is 11.5 Å². The van der Waals surface area contributed by atoms with Crippen molar-refractivity contribution in [3.63, 3.8) is 0 Å². The largest absolute Gasteiger partial charge is 0.513 e. The molecule has 0 aromatic heterocycles. The Hall–Kier alpha value is -1.90. The summed E-state index contributed by atoms with van der Waals surface area (Å²) in [7, 11) is 0. The summed E-state index contributed by atoms with van der Waals surface area (Å²) in [6.07, 6.45) is -1.39. The number of ether oxygens (including phenoxy) is 4. The van der Waals surface area contributed by atoms with Crippen molar-refractivity contribution in [2.45, 2.75) is 11.9 Å². The predicted octanol–water partition coefficient (Wildman–Crippen LogP) is 2.05. The quantitative estimate of drug-likeness (QED) is 0.276. The van der Waals surface area contributed by atoms with E-state index in [-0.39, 0.29) is 24.7 Å². The minimum Gasteiger partial charge on any atom is -0.431 e. The molecule has 108 valence electrons. The molecule has 0 bridgehead atoms. The molecule has 0 spiro atoms. The summed E-state index contributed by atoms with van der Waals surface area (Å²) in [5, 5.41) is 10.4. The van der Waals surface area contributed by atoms with E-state index in [4.69, 9.17) is 30.5 Å². The van der Waals surface area contributed by atoms with Gasteiger partial charge in [-0.2, -0.15) is 0 Å². The molecular formula is C11H10ClNO7. The minimum absolute atomic E-state index is 0.0605. The Morgan fingerprint density at radius 1 is 1.45 bits per heavy atom. The fourth-order valence-electron chi connectivity index (χ4n) is 1.42. The number of nitro benzene ring substituents is 1. The standard InChI is InChI=1S/C11H10ClNO7/c12-10-17-5-9(19-10)6-18-11(14)20-8-3-1-7(2-4-8)13(15)16/h1-4,9-10H,5-6H2. The molecule has 9 heteroatoms. The number of alkyl halides is 1. The molecule has 0 N–H and O–H groups in total. The third kappa shape index (κ3) is 4.05. The van der Waals surface area contributed by atoms with Crippen LogP contribution in [0.3, 0.4) is 0 Å². The SMILES string of the molecule is O=C(OCC1COC(Cl)O1)Oc1ccc([N+](=O)[O-])cc1. The van der Waals surface area contributed by atoms with E-state index in [0.29, 0.717) is 0 Å². The van der Waals surface area contributed by atoms with Crippen molar-refractivity contribution >= 4 is 23.4 Å². The lowest BCUT2D eigenvalue weighted by molar-refractivity contribution is -0.384. The highest BCUT2D eigenvalue weighted by atomic mass is 35.5. The number of halogens is 1. The first-order valence-electron chi connectivity index (χ1n) is 5.55. The fourth-order valence-corrected chi connectivity index (χ4v) is 1.64. The molecular weight excluding hydrogens is 294 g/mol. The fraction of sp³-hybridized carbons (Fsp3) is 0.364. The van der Waals surface area contributed by atoms with Gasteiger partial charge in [-0.1, -0.05) is 11.6 Å². The van der Waals surface area contributed by atoms with Gasteiger partial charge in [0.2, 0.25) is 5.75 Å². The van der Waals surface area contributed by atoms with E-state index in [1.165, 1.54) is 24.3 Å². The molecule has 1 aliphatic heterocycles. The van der Waals surface area contributed by atoms with Gasteiger partial charge in [-0.15, -0.1) is 0 Å². The highest BCUT2D eigenvalue weighted by Crippen LogP contribution is 2.18. The number of hydrogen-bond acceptors (Lipinski definition) is 7. The van der Waals surface area contributed by atoms with Gasteiger partial charge < -0.3 is 18.9 Å². The second kappa shape index (κ2) is 6.51. The van der Waals surface area contributed by atoms with Gasteiger partial charge in [0, 0.05) is 12.1 Å². The maximum atomic E-state index is 11.4. The third-order valence-electron chi connectivity index (χ3n) is 2.35. The normalized spacial score (nSPS) is 21.4. The summed E-state index contributed by atoms with van der Waals surface area (Å²) in [4.78, 5) is 21.3. The van der Waals surface area contributed by atoms with Crippen LogP contribution in [-0.2, 0) is 14.2 Å². The van der Waals surface area contributed by atoms with Gasteiger partial charge in [-0.25, -0.2) is 4.79 Å². The number of hydrogen-bond donors (Lipinski definition) is 0. The number of nitro groups is 1. The molecule has 1 heterocycles. The van der Waals surface area contributed by atoms with Crippen LogP contribution in [0, 0.1) is 10.1 Å². The Morgan fingerprint density at radius 3 is 2.70 bits per heavy atom. The molecule has 2 atom stereocenters. The topological polar surface area (TPSA) is 97.1 Å². The molecule has 0 saturated carbocycles. The number of rotatable bonds is 4. The van der Waals surface area contributed by atoms with Gasteiger partial charge in [0.15, 0.2) is 0 Å². The Labute approximate surface area is 118 Å². The van der Waals surface area contributed by atoms with Crippen molar-refractivity contribution in [1.82, 2.24) is 0 Å². The van der Waals surface area contributed by atoms with Gasteiger partial charge in [-0.3, -0.25) is 10.1 Å². The first kappa shape index (κ1) is 14.5. The average molecular weight is 304 g/mol. The predicted molar refractivity (Wildman–Crippen MR) is 65.5 cm³/mol. The smallest absolute Gasteiger partial charge is 0.431 e. The van der Waals surface area contributed by atoms with Crippen LogP contribution < -0.4 is 4.74 Å². The number of non-ortho nitro benzene ring substituents is 1. The number of benzene rings is 1. The van der Waals surface area contributed by atoms with E-state index in [9.17, 15) is 14.9 Å². The van der Waals surface area contributed by atoms with Crippen molar-refractivity contribution in [3.8, 4) is 5.75 Å². The maximum absolute atomic E-state index is 11.4. The molecule has 1 saturated heterocycles. The number of nitrogens with zero attached hydrogens (tertiary/aromatic N) is 1. The Bertz CT molecular complexity index is 492. The zero-order valence-corrected chi connectivity index (χ0v) is 10.8. The van der Waals surface area contributed by atoms with E-state index in [1.54, 1.807) is 0 Å². The van der Waals surface area contributed by atoms with Gasteiger partial charge in [0.1, 0.15) is 18.5 Å². The van der Waals surface area contributed by atoms with Crippen LogP contribution in [0.25, 0.3) is 0 Å². The van der Waals surface area contributed by atoms with Crippen LogP contribution in [0.1, 0.15) is 0 Å². The first-order chi connectivity index (χ1) is 9.54. The molecule has 8 nitrogen and oxygen atoms in total. The van der Waals surface area contributed by atoms with Crippen molar-refractivity contribution in [1.29, 1.82) is 0 Å². The molecule has 2 rings (SSSR count). The first-order valence-corrected chi connectivity index (χ1v) is 5.98.